The Hall–Kier alpha value is -2.37. The lowest BCUT2D eigenvalue weighted by molar-refractivity contribution is -0.0345. The van der Waals surface area contributed by atoms with E-state index in [0.717, 1.165) is 19.3 Å². The summed E-state index contributed by atoms with van der Waals surface area (Å²) in [4.78, 5) is 12.4. The van der Waals surface area contributed by atoms with E-state index in [4.69, 9.17) is 9.47 Å². The molecule has 1 heterocycles. The molecule has 0 spiro atoms. The number of ether oxygens (including phenoxy) is 2. The van der Waals surface area contributed by atoms with Crippen LogP contribution in [0.1, 0.15) is 36.3 Å². The Bertz CT molecular complexity index is 855. The Balaban J connectivity index is 1.22. The molecule has 3 aliphatic rings. The highest BCUT2D eigenvalue weighted by atomic mass is 16.6. The van der Waals surface area contributed by atoms with Crippen LogP contribution in [0.15, 0.2) is 48.5 Å². The monoisotopic (exact) mass is 379 g/mol. The lowest BCUT2D eigenvalue weighted by atomic mass is 9.89. The molecule has 0 aromatic heterocycles. The highest BCUT2D eigenvalue weighted by Gasteiger charge is 2.55. The van der Waals surface area contributed by atoms with Crippen molar-refractivity contribution in [1.29, 1.82) is 0 Å². The first-order valence-electron chi connectivity index (χ1n) is 9.97. The van der Waals surface area contributed by atoms with E-state index in [1.54, 1.807) is 0 Å². The molecule has 5 heteroatoms. The zero-order valence-corrected chi connectivity index (χ0v) is 15.8. The van der Waals surface area contributed by atoms with E-state index < -0.39 is 6.09 Å². The summed E-state index contributed by atoms with van der Waals surface area (Å²) in [5, 5.41) is 12.5. The largest absolute Gasteiger partial charge is 0.449 e. The maximum atomic E-state index is 12.4. The summed E-state index contributed by atoms with van der Waals surface area (Å²) in [5.41, 5.74) is 4.40. The molecule has 28 heavy (non-hydrogen) atoms. The molecule has 2 N–H and O–H groups in total. The van der Waals surface area contributed by atoms with Crippen LogP contribution in [0, 0.1) is 5.41 Å². The topological polar surface area (TPSA) is 67.8 Å². The maximum absolute atomic E-state index is 12.4. The Kier molecular flexibility index (Phi) is 4.18. The normalized spacial score (nSPS) is 27.5. The SMILES string of the molecule is O=C(NCC12CCC(CO)(CO1)C2)OCC1c2ccccc2-c2ccccc21. The minimum atomic E-state index is -0.409. The fourth-order valence-corrected chi connectivity index (χ4v) is 5.17. The molecule has 2 fully saturated rings. The van der Waals surface area contributed by atoms with Crippen molar-refractivity contribution < 1.29 is 19.4 Å². The lowest BCUT2D eigenvalue weighted by Gasteiger charge is -2.27. The number of nitrogens with one attached hydrogen (secondary N) is 1. The molecule has 2 unspecified atom stereocenters. The van der Waals surface area contributed by atoms with E-state index in [2.05, 4.69) is 29.6 Å². The van der Waals surface area contributed by atoms with Crippen LogP contribution in [-0.4, -0.2) is 43.2 Å². The minimum absolute atomic E-state index is 0.0626. The number of hydrogen-bond acceptors (Lipinski definition) is 4. The molecule has 146 valence electrons. The first-order chi connectivity index (χ1) is 13.6. The van der Waals surface area contributed by atoms with Crippen molar-refractivity contribution in [3.63, 3.8) is 0 Å². The molecule has 1 aliphatic heterocycles. The van der Waals surface area contributed by atoms with Crippen LogP contribution < -0.4 is 5.32 Å². The number of fused-ring (bicyclic) bond motifs is 5. The zero-order valence-electron chi connectivity index (χ0n) is 15.8. The third-order valence-electron chi connectivity index (χ3n) is 6.73. The van der Waals surface area contributed by atoms with Gasteiger partial charge in [-0.15, -0.1) is 0 Å². The Morgan fingerprint density at radius 1 is 1.11 bits per heavy atom. The second-order valence-electron chi connectivity index (χ2n) is 8.49. The average molecular weight is 379 g/mol. The Morgan fingerprint density at radius 3 is 2.36 bits per heavy atom. The van der Waals surface area contributed by atoms with E-state index in [1.165, 1.54) is 22.3 Å². The van der Waals surface area contributed by atoms with Crippen molar-refractivity contribution in [2.45, 2.75) is 30.8 Å². The number of benzene rings is 2. The van der Waals surface area contributed by atoms with E-state index in [-0.39, 0.29) is 23.5 Å². The van der Waals surface area contributed by atoms with Crippen molar-refractivity contribution in [2.75, 3.05) is 26.4 Å². The Morgan fingerprint density at radius 2 is 1.79 bits per heavy atom. The van der Waals surface area contributed by atoms with Crippen molar-refractivity contribution in [3.05, 3.63) is 59.7 Å². The number of alkyl carbamates (subject to hydrolysis) is 1. The van der Waals surface area contributed by atoms with Gasteiger partial charge < -0.3 is 19.9 Å². The summed E-state index contributed by atoms with van der Waals surface area (Å²) in [7, 11) is 0. The van der Waals surface area contributed by atoms with Crippen molar-refractivity contribution >= 4 is 6.09 Å². The zero-order chi connectivity index (χ0) is 19.2. The van der Waals surface area contributed by atoms with Gasteiger partial charge in [0.15, 0.2) is 0 Å². The van der Waals surface area contributed by atoms with Gasteiger partial charge in [-0.25, -0.2) is 4.79 Å². The molecule has 1 amide bonds. The molecule has 2 aromatic carbocycles. The standard InChI is InChI=1S/C23H25NO4/c25-14-22-9-10-23(12-22,28-15-22)13-24-21(26)27-11-20-18-7-3-1-5-16(18)17-6-2-4-8-19(17)20/h1-8,20,25H,9-15H2,(H,24,26). The molecular weight excluding hydrogens is 354 g/mol. The summed E-state index contributed by atoms with van der Waals surface area (Å²) < 4.78 is 11.5. The van der Waals surface area contributed by atoms with Gasteiger partial charge in [0.05, 0.1) is 18.8 Å². The van der Waals surface area contributed by atoms with Crippen LogP contribution in [-0.2, 0) is 9.47 Å². The minimum Gasteiger partial charge on any atom is -0.449 e. The van der Waals surface area contributed by atoms with Crippen molar-refractivity contribution in [3.8, 4) is 11.1 Å². The number of rotatable bonds is 5. The van der Waals surface area contributed by atoms with Crippen molar-refractivity contribution in [1.82, 2.24) is 5.32 Å². The van der Waals surface area contributed by atoms with E-state index in [9.17, 15) is 9.90 Å². The van der Waals surface area contributed by atoms with Crippen LogP contribution in [0.2, 0.25) is 0 Å². The number of aliphatic hydroxyl groups excluding tert-OH is 1. The molecule has 0 radical (unpaired) electrons. The molecule has 5 nitrogen and oxygen atoms in total. The maximum Gasteiger partial charge on any atom is 0.407 e. The molecule has 2 aliphatic carbocycles. The van der Waals surface area contributed by atoms with Gasteiger partial charge in [-0.3, -0.25) is 0 Å². The lowest BCUT2D eigenvalue weighted by Crippen LogP contribution is -2.42. The molecule has 5 rings (SSSR count). The van der Waals surface area contributed by atoms with Gasteiger partial charge in [0, 0.05) is 17.9 Å². The predicted molar refractivity (Wildman–Crippen MR) is 105 cm³/mol. The number of hydrogen-bond donors (Lipinski definition) is 2. The van der Waals surface area contributed by atoms with Crippen LogP contribution >= 0.6 is 0 Å². The summed E-state index contributed by atoms with van der Waals surface area (Å²) >= 11 is 0. The third kappa shape index (κ3) is 2.81. The van der Waals surface area contributed by atoms with Gasteiger partial charge >= 0.3 is 6.09 Å². The van der Waals surface area contributed by atoms with Crippen LogP contribution in [0.4, 0.5) is 4.79 Å². The number of aliphatic hydroxyl groups is 1. The molecule has 2 aromatic rings. The second kappa shape index (κ2) is 6.61. The molecule has 2 bridgehead atoms. The first-order valence-corrected chi connectivity index (χ1v) is 9.97. The van der Waals surface area contributed by atoms with Gasteiger partial charge in [0.25, 0.3) is 0 Å². The van der Waals surface area contributed by atoms with Gasteiger partial charge in [-0.05, 0) is 41.5 Å². The molecule has 2 atom stereocenters. The summed E-state index contributed by atoms with van der Waals surface area (Å²) in [6.07, 6.45) is 2.22. The number of amides is 1. The first kappa shape index (κ1) is 17.7. The van der Waals surface area contributed by atoms with Gasteiger partial charge in [-0.1, -0.05) is 48.5 Å². The van der Waals surface area contributed by atoms with E-state index in [1.807, 2.05) is 24.3 Å². The van der Waals surface area contributed by atoms with E-state index in [0.29, 0.717) is 19.8 Å². The number of carbonyl (C=O) groups is 1. The highest BCUT2D eigenvalue weighted by Crippen LogP contribution is 2.52. The van der Waals surface area contributed by atoms with Crippen molar-refractivity contribution in [2.24, 2.45) is 5.41 Å². The van der Waals surface area contributed by atoms with Gasteiger partial charge in [-0.2, -0.15) is 0 Å². The van der Waals surface area contributed by atoms with Gasteiger partial charge in [0.2, 0.25) is 0 Å². The van der Waals surface area contributed by atoms with Gasteiger partial charge in [0.1, 0.15) is 6.61 Å². The Labute approximate surface area is 164 Å². The van der Waals surface area contributed by atoms with E-state index >= 15 is 0 Å². The summed E-state index contributed by atoms with van der Waals surface area (Å²) in [5.74, 6) is 0.0626. The quantitative estimate of drug-likeness (QED) is 0.835. The summed E-state index contributed by atoms with van der Waals surface area (Å²) in [6.45, 7) is 1.48. The fraction of sp³-hybridized carbons (Fsp3) is 0.435. The second-order valence-corrected chi connectivity index (χ2v) is 8.49. The highest BCUT2D eigenvalue weighted by molar-refractivity contribution is 5.79. The average Bonchev–Trinajstić information content (AvgIpc) is 3.40. The third-order valence-corrected chi connectivity index (χ3v) is 6.73. The predicted octanol–water partition coefficient (Wildman–Crippen LogP) is 3.46. The van der Waals surface area contributed by atoms with Crippen LogP contribution in [0.25, 0.3) is 11.1 Å². The molecule has 1 saturated carbocycles. The molecule has 1 saturated heterocycles. The molecular formula is C23H25NO4. The smallest absolute Gasteiger partial charge is 0.407 e. The van der Waals surface area contributed by atoms with Crippen LogP contribution in [0.5, 0.6) is 0 Å². The fourth-order valence-electron chi connectivity index (χ4n) is 5.17. The summed E-state index contributed by atoms with van der Waals surface area (Å²) in [6, 6.07) is 16.6. The van der Waals surface area contributed by atoms with Crippen LogP contribution in [0.3, 0.4) is 0 Å². The number of carbonyl (C=O) groups excluding carboxylic acids is 1.